The molecular formula is C13H21N3OS. The van der Waals surface area contributed by atoms with Gasteiger partial charge >= 0.3 is 0 Å². The minimum atomic E-state index is -0.412. The van der Waals surface area contributed by atoms with Crippen LogP contribution in [0.3, 0.4) is 0 Å². The first-order valence-corrected chi connectivity index (χ1v) is 7.42. The fraction of sp³-hybridized carbons (Fsp3) is 0.692. The molecular weight excluding hydrogens is 246 g/mol. The molecule has 1 aromatic rings. The van der Waals surface area contributed by atoms with Crippen molar-refractivity contribution in [2.45, 2.75) is 51.6 Å². The summed E-state index contributed by atoms with van der Waals surface area (Å²) in [5.41, 5.74) is 5.66. The fourth-order valence-electron chi connectivity index (χ4n) is 2.54. The van der Waals surface area contributed by atoms with Crippen molar-refractivity contribution in [3.8, 4) is 0 Å². The first-order chi connectivity index (χ1) is 8.58. The zero-order valence-corrected chi connectivity index (χ0v) is 11.8. The van der Waals surface area contributed by atoms with Gasteiger partial charge in [-0.1, -0.05) is 13.3 Å². The van der Waals surface area contributed by atoms with E-state index in [0.717, 1.165) is 30.7 Å². The minimum absolute atomic E-state index is 0.0159. The van der Waals surface area contributed by atoms with Crippen LogP contribution in [-0.2, 0) is 4.79 Å². The van der Waals surface area contributed by atoms with E-state index in [0.29, 0.717) is 0 Å². The molecule has 2 rings (SSSR count). The van der Waals surface area contributed by atoms with Crippen LogP contribution in [0.1, 0.15) is 50.6 Å². The van der Waals surface area contributed by atoms with Crippen molar-refractivity contribution < 1.29 is 4.79 Å². The number of thiazole rings is 1. The van der Waals surface area contributed by atoms with Crippen molar-refractivity contribution in [1.82, 2.24) is 10.3 Å². The van der Waals surface area contributed by atoms with Crippen LogP contribution < -0.4 is 11.1 Å². The minimum Gasteiger partial charge on any atom is -0.346 e. The maximum absolute atomic E-state index is 12.4. The summed E-state index contributed by atoms with van der Waals surface area (Å²) in [7, 11) is 0. The molecule has 1 fully saturated rings. The number of carbonyl (C=O) groups excluding carboxylic acids is 1. The molecule has 1 aliphatic carbocycles. The standard InChI is InChI=1S/C13H21N3OS/c1-3-9(11-15-7-8-18-11)16-12(17)13(2)6-4-5-10(13)14/h7-10H,3-6,14H2,1-2H3,(H,16,17). The molecule has 3 unspecified atom stereocenters. The zero-order valence-electron chi connectivity index (χ0n) is 11.0. The van der Waals surface area contributed by atoms with Crippen LogP contribution in [0.15, 0.2) is 11.6 Å². The number of nitrogens with zero attached hydrogens (tertiary/aromatic N) is 1. The average molecular weight is 267 g/mol. The Hall–Kier alpha value is -0.940. The molecule has 0 aromatic carbocycles. The maximum atomic E-state index is 12.4. The van der Waals surface area contributed by atoms with Crippen LogP contribution >= 0.6 is 11.3 Å². The molecule has 0 radical (unpaired) electrons. The Labute approximate surface area is 112 Å². The smallest absolute Gasteiger partial charge is 0.228 e. The Kier molecular flexibility index (Phi) is 4.02. The van der Waals surface area contributed by atoms with Gasteiger partial charge in [0.15, 0.2) is 0 Å². The van der Waals surface area contributed by atoms with Gasteiger partial charge in [-0.2, -0.15) is 0 Å². The first kappa shape index (κ1) is 13.5. The molecule has 1 aromatic heterocycles. The number of aromatic nitrogens is 1. The average Bonchev–Trinajstić information content (AvgIpc) is 2.98. The molecule has 0 spiro atoms. The van der Waals surface area contributed by atoms with Crippen molar-refractivity contribution in [3.63, 3.8) is 0 Å². The highest BCUT2D eigenvalue weighted by atomic mass is 32.1. The van der Waals surface area contributed by atoms with Crippen LogP contribution in [0, 0.1) is 5.41 Å². The second-order valence-electron chi connectivity index (χ2n) is 5.22. The van der Waals surface area contributed by atoms with Crippen LogP contribution in [0.25, 0.3) is 0 Å². The fourth-order valence-corrected chi connectivity index (χ4v) is 3.32. The number of carbonyl (C=O) groups is 1. The van der Waals surface area contributed by atoms with E-state index in [-0.39, 0.29) is 18.0 Å². The third-order valence-electron chi connectivity index (χ3n) is 4.01. The molecule has 5 heteroatoms. The third-order valence-corrected chi connectivity index (χ3v) is 4.90. The van der Waals surface area contributed by atoms with Crippen LogP contribution in [0.4, 0.5) is 0 Å². The van der Waals surface area contributed by atoms with E-state index in [1.165, 1.54) is 0 Å². The van der Waals surface area contributed by atoms with Crippen molar-refractivity contribution >= 4 is 17.2 Å². The largest absolute Gasteiger partial charge is 0.346 e. The van der Waals surface area contributed by atoms with Crippen molar-refractivity contribution in [2.75, 3.05) is 0 Å². The van der Waals surface area contributed by atoms with Gasteiger partial charge in [-0.05, 0) is 26.2 Å². The van der Waals surface area contributed by atoms with E-state index in [1.54, 1.807) is 17.5 Å². The topological polar surface area (TPSA) is 68.0 Å². The van der Waals surface area contributed by atoms with E-state index >= 15 is 0 Å². The summed E-state index contributed by atoms with van der Waals surface area (Å²) >= 11 is 1.58. The molecule has 18 heavy (non-hydrogen) atoms. The summed E-state index contributed by atoms with van der Waals surface area (Å²) in [6.45, 7) is 4.04. The molecule has 100 valence electrons. The molecule has 1 heterocycles. The summed E-state index contributed by atoms with van der Waals surface area (Å²) < 4.78 is 0. The number of rotatable bonds is 4. The Balaban J connectivity index is 2.06. The van der Waals surface area contributed by atoms with Crippen molar-refractivity contribution in [2.24, 2.45) is 11.1 Å². The van der Waals surface area contributed by atoms with E-state index in [2.05, 4.69) is 17.2 Å². The van der Waals surface area contributed by atoms with Gasteiger partial charge in [-0.3, -0.25) is 4.79 Å². The highest BCUT2D eigenvalue weighted by molar-refractivity contribution is 7.09. The molecule has 3 N–H and O–H groups in total. The third kappa shape index (κ3) is 2.42. The Morgan fingerprint density at radius 3 is 3.06 bits per heavy atom. The molecule has 3 atom stereocenters. The van der Waals surface area contributed by atoms with E-state index in [1.807, 2.05) is 12.3 Å². The number of hydrogen-bond acceptors (Lipinski definition) is 4. The van der Waals surface area contributed by atoms with Gasteiger partial charge in [0, 0.05) is 17.6 Å². The van der Waals surface area contributed by atoms with Gasteiger partial charge in [0.1, 0.15) is 5.01 Å². The summed E-state index contributed by atoms with van der Waals surface area (Å²) in [5.74, 6) is 0.0783. The molecule has 1 aliphatic rings. The van der Waals surface area contributed by atoms with Crippen LogP contribution in [0.5, 0.6) is 0 Å². The monoisotopic (exact) mass is 267 g/mol. The predicted octanol–water partition coefficient (Wildman–Crippen LogP) is 2.23. The molecule has 1 amide bonds. The van der Waals surface area contributed by atoms with Gasteiger partial charge < -0.3 is 11.1 Å². The highest BCUT2D eigenvalue weighted by Gasteiger charge is 2.43. The Morgan fingerprint density at radius 1 is 1.78 bits per heavy atom. The molecule has 0 saturated heterocycles. The Bertz CT molecular complexity index is 406. The lowest BCUT2D eigenvalue weighted by atomic mass is 9.84. The van der Waals surface area contributed by atoms with Crippen LogP contribution in [-0.4, -0.2) is 16.9 Å². The van der Waals surface area contributed by atoms with E-state index < -0.39 is 5.41 Å². The molecule has 4 nitrogen and oxygen atoms in total. The van der Waals surface area contributed by atoms with Gasteiger partial charge in [0.05, 0.1) is 11.5 Å². The molecule has 1 saturated carbocycles. The summed E-state index contributed by atoms with van der Waals surface area (Å²) in [6, 6.07) is -0.00609. The summed E-state index contributed by atoms with van der Waals surface area (Å²) in [5, 5.41) is 6.02. The maximum Gasteiger partial charge on any atom is 0.228 e. The SMILES string of the molecule is CCC(NC(=O)C1(C)CCCC1N)c1nccs1. The number of nitrogens with one attached hydrogen (secondary N) is 1. The van der Waals surface area contributed by atoms with Gasteiger partial charge in [0.25, 0.3) is 0 Å². The summed E-state index contributed by atoms with van der Waals surface area (Å²) in [6.07, 6.45) is 5.49. The molecule has 0 aliphatic heterocycles. The lowest BCUT2D eigenvalue weighted by molar-refractivity contribution is -0.131. The van der Waals surface area contributed by atoms with Gasteiger partial charge in [0.2, 0.25) is 5.91 Å². The normalized spacial score (nSPS) is 29.2. The predicted molar refractivity (Wildman–Crippen MR) is 73.2 cm³/mol. The van der Waals surface area contributed by atoms with Gasteiger partial charge in [-0.25, -0.2) is 4.98 Å². The van der Waals surface area contributed by atoms with Crippen molar-refractivity contribution in [3.05, 3.63) is 16.6 Å². The zero-order chi connectivity index (χ0) is 13.2. The number of hydrogen-bond donors (Lipinski definition) is 2. The quantitative estimate of drug-likeness (QED) is 0.879. The molecule has 0 bridgehead atoms. The van der Waals surface area contributed by atoms with E-state index in [9.17, 15) is 4.79 Å². The second kappa shape index (κ2) is 5.36. The lowest BCUT2D eigenvalue weighted by Gasteiger charge is -2.29. The highest BCUT2D eigenvalue weighted by Crippen LogP contribution is 2.37. The number of nitrogens with two attached hydrogens (primary N) is 1. The number of amides is 1. The first-order valence-electron chi connectivity index (χ1n) is 6.54. The van der Waals surface area contributed by atoms with Gasteiger partial charge in [-0.15, -0.1) is 11.3 Å². The van der Waals surface area contributed by atoms with Crippen LogP contribution in [0.2, 0.25) is 0 Å². The summed E-state index contributed by atoms with van der Waals surface area (Å²) in [4.78, 5) is 16.7. The second-order valence-corrected chi connectivity index (χ2v) is 6.15. The Morgan fingerprint density at radius 2 is 2.56 bits per heavy atom. The van der Waals surface area contributed by atoms with E-state index in [4.69, 9.17) is 5.73 Å². The lowest BCUT2D eigenvalue weighted by Crippen LogP contribution is -2.48. The van der Waals surface area contributed by atoms with Crippen molar-refractivity contribution in [1.29, 1.82) is 0 Å².